The Morgan fingerprint density at radius 1 is 1.21 bits per heavy atom. The minimum atomic E-state index is -0.535. The number of carbonyl (C=O) groups excluding carboxylic acids is 2. The quantitative estimate of drug-likeness (QED) is 0.245. The number of benzene rings is 1. The van der Waals surface area contributed by atoms with Gasteiger partial charge in [-0.1, -0.05) is 0 Å². The number of aliphatic imine (C=N–C) groups is 1. The van der Waals surface area contributed by atoms with Crippen molar-refractivity contribution < 1.29 is 9.59 Å². The molecular formula is C8H2I3NO2. The van der Waals surface area contributed by atoms with Gasteiger partial charge in [0.05, 0.1) is 5.56 Å². The third kappa shape index (κ3) is 2.74. The first kappa shape index (κ1) is 12.5. The molecule has 0 aliphatic heterocycles. The molecule has 1 rings (SSSR count). The highest BCUT2D eigenvalue weighted by atomic mass is 127. The molecule has 0 fully saturated rings. The Kier molecular flexibility index (Phi) is 4.94. The van der Waals surface area contributed by atoms with E-state index in [1.807, 2.05) is 34.7 Å². The van der Waals surface area contributed by atoms with Crippen LogP contribution < -0.4 is 0 Å². The maximum Gasteiger partial charge on any atom is 0.289 e. The van der Waals surface area contributed by atoms with E-state index in [9.17, 15) is 9.59 Å². The van der Waals surface area contributed by atoms with Crippen molar-refractivity contribution in [3.63, 3.8) is 0 Å². The van der Waals surface area contributed by atoms with Gasteiger partial charge in [0.1, 0.15) is 0 Å². The molecule has 0 spiro atoms. The summed E-state index contributed by atoms with van der Waals surface area (Å²) in [6.45, 7) is 0. The lowest BCUT2D eigenvalue weighted by Gasteiger charge is -2.03. The highest BCUT2D eigenvalue weighted by molar-refractivity contribution is 14.1. The second-order valence-electron chi connectivity index (χ2n) is 2.23. The number of amides is 1. The molecule has 6 heteroatoms. The number of isocyanates is 1. The molecule has 3 nitrogen and oxygen atoms in total. The molecule has 0 aromatic heterocycles. The van der Waals surface area contributed by atoms with Gasteiger partial charge in [0.2, 0.25) is 6.08 Å². The molecule has 1 amide bonds. The number of carbonyl (C=O) groups is 1. The minimum Gasteiger partial charge on any atom is -0.266 e. The van der Waals surface area contributed by atoms with Crippen molar-refractivity contribution in [1.29, 1.82) is 0 Å². The summed E-state index contributed by atoms with van der Waals surface area (Å²) >= 11 is 6.23. The van der Waals surface area contributed by atoms with Crippen LogP contribution >= 0.6 is 67.8 Å². The number of halogens is 3. The second-order valence-corrected chi connectivity index (χ2v) is 5.63. The van der Waals surface area contributed by atoms with Gasteiger partial charge in [0.25, 0.3) is 5.91 Å². The standard InChI is InChI=1S/C8H2I3NO2/c9-4-1-2-5(10)7(11)6(4)8(14)12-3-13/h1-2H. The predicted molar refractivity (Wildman–Crippen MR) is 77.0 cm³/mol. The SMILES string of the molecule is O=C=NC(=O)c1c(I)ccc(I)c1I. The average Bonchev–Trinajstić information content (AvgIpc) is 2.13. The zero-order chi connectivity index (χ0) is 10.7. The molecule has 0 radical (unpaired) electrons. The highest BCUT2D eigenvalue weighted by Crippen LogP contribution is 2.24. The maximum atomic E-state index is 11.4. The van der Waals surface area contributed by atoms with E-state index in [4.69, 9.17) is 0 Å². The largest absolute Gasteiger partial charge is 0.289 e. The van der Waals surface area contributed by atoms with E-state index in [2.05, 4.69) is 50.2 Å². The summed E-state index contributed by atoms with van der Waals surface area (Å²) in [6.07, 6.45) is 1.26. The summed E-state index contributed by atoms with van der Waals surface area (Å²) in [5, 5.41) is 0. The molecular weight excluding hydrogens is 523 g/mol. The molecule has 0 aliphatic rings. The number of hydrogen-bond acceptors (Lipinski definition) is 2. The van der Waals surface area contributed by atoms with Gasteiger partial charge < -0.3 is 0 Å². The van der Waals surface area contributed by atoms with Crippen LogP contribution in [0.1, 0.15) is 10.4 Å². The third-order valence-corrected chi connectivity index (χ3v) is 5.36. The van der Waals surface area contributed by atoms with E-state index in [1.165, 1.54) is 6.08 Å². The molecule has 0 bridgehead atoms. The van der Waals surface area contributed by atoms with Gasteiger partial charge in [0.15, 0.2) is 0 Å². The Morgan fingerprint density at radius 3 is 2.36 bits per heavy atom. The normalized spacial score (nSPS) is 9.36. The molecule has 0 heterocycles. The van der Waals surface area contributed by atoms with E-state index in [0.29, 0.717) is 5.56 Å². The fourth-order valence-electron chi connectivity index (χ4n) is 0.820. The number of nitrogens with zero attached hydrogens (tertiary/aromatic N) is 1. The Morgan fingerprint density at radius 2 is 1.79 bits per heavy atom. The van der Waals surface area contributed by atoms with E-state index < -0.39 is 5.91 Å². The van der Waals surface area contributed by atoms with E-state index >= 15 is 0 Å². The van der Waals surface area contributed by atoms with Gasteiger partial charge in [0, 0.05) is 10.7 Å². The molecule has 0 unspecified atom stereocenters. The monoisotopic (exact) mass is 525 g/mol. The Labute approximate surface area is 121 Å². The van der Waals surface area contributed by atoms with Crippen LogP contribution in [0.3, 0.4) is 0 Å². The van der Waals surface area contributed by atoms with Crippen LogP contribution in [0, 0.1) is 10.7 Å². The van der Waals surface area contributed by atoms with Gasteiger partial charge in [-0.3, -0.25) is 4.79 Å². The lowest BCUT2D eigenvalue weighted by atomic mass is 10.2. The molecule has 0 N–H and O–H groups in total. The van der Waals surface area contributed by atoms with Crippen molar-refractivity contribution in [2.45, 2.75) is 0 Å². The van der Waals surface area contributed by atoms with Gasteiger partial charge >= 0.3 is 0 Å². The zero-order valence-corrected chi connectivity index (χ0v) is 13.0. The minimum absolute atomic E-state index is 0.474. The van der Waals surface area contributed by atoms with Crippen molar-refractivity contribution in [1.82, 2.24) is 0 Å². The molecule has 0 atom stereocenters. The van der Waals surface area contributed by atoms with Crippen LogP contribution in [0.25, 0.3) is 0 Å². The Bertz CT molecular complexity index is 438. The zero-order valence-electron chi connectivity index (χ0n) is 6.55. The fourth-order valence-corrected chi connectivity index (χ4v) is 3.17. The maximum absolute atomic E-state index is 11.4. The van der Waals surface area contributed by atoms with Crippen LogP contribution in [0.2, 0.25) is 0 Å². The number of rotatable bonds is 1. The number of hydrogen-bond donors (Lipinski definition) is 0. The first-order valence-electron chi connectivity index (χ1n) is 3.33. The van der Waals surface area contributed by atoms with Crippen molar-refractivity contribution in [2.24, 2.45) is 4.99 Å². The van der Waals surface area contributed by atoms with Crippen molar-refractivity contribution in [3.8, 4) is 0 Å². The van der Waals surface area contributed by atoms with Crippen LogP contribution in [0.15, 0.2) is 17.1 Å². The van der Waals surface area contributed by atoms with Crippen molar-refractivity contribution in [2.75, 3.05) is 0 Å². The Hall–Kier alpha value is 0.460. The van der Waals surface area contributed by atoms with Crippen LogP contribution in [-0.4, -0.2) is 12.0 Å². The molecule has 0 saturated heterocycles. The van der Waals surface area contributed by atoms with Crippen LogP contribution in [0.4, 0.5) is 0 Å². The summed E-state index contributed by atoms with van der Waals surface area (Å²) in [7, 11) is 0. The molecule has 0 saturated carbocycles. The predicted octanol–water partition coefficient (Wildman–Crippen LogP) is 2.98. The smallest absolute Gasteiger partial charge is 0.266 e. The van der Waals surface area contributed by atoms with E-state index in [1.54, 1.807) is 0 Å². The fraction of sp³-hybridized carbons (Fsp3) is 0. The summed E-state index contributed by atoms with van der Waals surface area (Å²) in [5.41, 5.74) is 0.474. The molecule has 14 heavy (non-hydrogen) atoms. The first-order valence-corrected chi connectivity index (χ1v) is 6.57. The van der Waals surface area contributed by atoms with Crippen molar-refractivity contribution >= 4 is 79.8 Å². The lowest BCUT2D eigenvalue weighted by Crippen LogP contribution is -2.03. The Balaban J connectivity index is 3.39. The van der Waals surface area contributed by atoms with Gasteiger partial charge in [-0.05, 0) is 79.9 Å². The lowest BCUT2D eigenvalue weighted by molar-refractivity contribution is 0.100. The topological polar surface area (TPSA) is 46.5 Å². The molecule has 1 aromatic carbocycles. The van der Waals surface area contributed by atoms with Crippen LogP contribution in [-0.2, 0) is 4.79 Å². The summed E-state index contributed by atoms with van der Waals surface area (Å²) in [5.74, 6) is -0.535. The van der Waals surface area contributed by atoms with E-state index in [0.717, 1.165) is 10.7 Å². The third-order valence-electron chi connectivity index (χ3n) is 1.41. The molecule has 1 aromatic rings. The van der Waals surface area contributed by atoms with Gasteiger partial charge in [-0.2, -0.15) is 0 Å². The second kappa shape index (κ2) is 5.52. The highest BCUT2D eigenvalue weighted by Gasteiger charge is 2.15. The first-order chi connectivity index (χ1) is 6.57. The summed E-state index contributed by atoms with van der Waals surface area (Å²) < 4.78 is 2.57. The van der Waals surface area contributed by atoms with Crippen LogP contribution in [0.5, 0.6) is 0 Å². The van der Waals surface area contributed by atoms with Gasteiger partial charge in [-0.25, -0.2) is 4.79 Å². The molecule has 0 aliphatic carbocycles. The molecule has 72 valence electrons. The summed E-state index contributed by atoms with van der Waals surface area (Å²) in [4.78, 5) is 24.5. The van der Waals surface area contributed by atoms with Gasteiger partial charge in [-0.15, -0.1) is 4.99 Å². The van der Waals surface area contributed by atoms with E-state index in [-0.39, 0.29) is 0 Å². The summed E-state index contributed by atoms with van der Waals surface area (Å²) in [6, 6.07) is 3.73. The average molecular weight is 525 g/mol. The van der Waals surface area contributed by atoms with Crippen molar-refractivity contribution in [3.05, 3.63) is 28.4 Å².